The number of rotatable bonds is 8. The molecule has 1 aliphatic heterocycles. The van der Waals surface area contributed by atoms with Crippen molar-refractivity contribution in [1.82, 2.24) is 9.80 Å². The Morgan fingerprint density at radius 1 is 1.03 bits per heavy atom. The number of aliphatic hydroxyl groups excluding tert-OH is 1. The normalized spacial score (nSPS) is 18.8. The molecule has 0 unspecified atom stereocenters. The molecule has 1 amide bonds. The molecule has 3 aromatic rings. The molecule has 4 nitrogen and oxygen atoms in total. The zero-order valence-electron chi connectivity index (χ0n) is 20.4. The Morgan fingerprint density at radius 3 is 2.33 bits per heavy atom. The Bertz CT molecular complexity index is 1110. The average molecular weight is 548 g/mol. The van der Waals surface area contributed by atoms with Crippen molar-refractivity contribution in [2.24, 2.45) is 0 Å². The number of hydrogen-bond acceptors (Lipinski definition) is 3. The largest absolute Gasteiger partial charge is 0.391 e. The summed E-state index contributed by atoms with van der Waals surface area (Å²) in [5.74, 6) is 0.258. The summed E-state index contributed by atoms with van der Waals surface area (Å²) in [6.07, 6.45) is 1.37. The van der Waals surface area contributed by atoms with Gasteiger partial charge in [-0.3, -0.25) is 4.79 Å². The summed E-state index contributed by atoms with van der Waals surface area (Å²) in [4.78, 5) is 17.1. The fourth-order valence-electron chi connectivity index (χ4n) is 4.97. The Morgan fingerprint density at radius 2 is 1.69 bits per heavy atom. The molecule has 192 valence electrons. The summed E-state index contributed by atoms with van der Waals surface area (Å²) >= 11 is 12.5. The highest BCUT2D eigenvalue weighted by molar-refractivity contribution is 6.42. The number of hydrogen-bond donors (Lipinski definition) is 1. The lowest BCUT2D eigenvalue weighted by atomic mass is 9.86. The molecule has 0 radical (unpaired) electrons. The fourth-order valence-corrected chi connectivity index (χ4v) is 5.28. The van der Waals surface area contributed by atoms with Crippen molar-refractivity contribution in [3.8, 4) is 0 Å². The molecule has 1 heterocycles. The lowest BCUT2D eigenvalue weighted by Crippen LogP contribution is -2.43. The van der Waals surface area contributed by atoms with Gasteiger partial charge in [0, 0.05) is 37.5 Å². The van der Waals surface area contributed by atoms with Crippen molar-refractivity contribution in [1.29, 1.82) is 0 Å². The van der Waals surface area contributed by atoms with E-state index in [1.807, 2.05) is 73.8 Å². The van der Waals surface area contributed by atoms with Gasteiger partial charge in [-0.15, -0.1) is 12.4 Å². The maximum absolute atomic E-state index is 13.0. The van der Waals surface area contributed by atoms with Crippen molar-refractivity contribution in [2.45, 2.75) is 30.8 Å². The van der Waals surface area contributed by atoms with Gasteiger partial charge in [0.2, 0.25) is 0 Å². The van der Waals surface area contributed by atoms with E-state index in [1.54, 1.807) is 4.90 Å². The van der Waals surface area contributed by atoms with E-state index in [4.69, 9.17) is 23.2 Å². The van der Waals surface area contributed by atoms with Crippen LogP contribution in [0.3, 0.4) is 0 Å². The van der Waals surface area contributed by atoms with Crippen LogP contribution in [0.4, 0.5) is 0 Å². The van der Waals surface area contributed by atoms with Crippen LogP contribution < -0.4 is 0 Å². The van der Waals surface area contributed by atoms with Gasteiger partial charge in [0.05, 0.1) is 16.1 Å². The van der Waals surface area contributed by atoms with Crippen LogP contribution in [0, 0.1) is 0 Å². The predicted octanol–water partition coefficient (Wildman–Crippen LogP) is 6.51. The molecule has 7 heteroatoms. The van der Waals surface area contributed by atoms with E-state index in [-0.39, 0.29) is 30.2 Å². The minimum atomic E-state index is -0.392. The lowest BCUT2D eigenvalue weighted by molar-refractivity contribution is 0.0493. The second kappa shape index (κ2) is 13.5. The highest BCUT2D eigenvalue weighted by atomic mass is 35.5. The van der Waals surface area contributed by atoms with Gasteiger partial charge in [0.1, 0.15) is 0 Å². The molecule has 3 aromatic carbocycles. The van der Waals surface area contributed by atoms with Gasteiger partial charge in [-0.2, -0.15) is 0 Å². The third kappa shape index (κ3) is 7.24. The van der Waals surface area contributed by atoms with Crippen molar-refractivity contribution in [3.05, 3.63) is 106 Å². The lowest BCUT2D eigenvalue weighted by Gasteiger charge is -2.37. The summed E-state index contributed by atoms with van der Waals surface area (Å²) in [5.41, 5.74) is 2.94. The number of benzene rings is 3. The number of amides is 1. The van der Waals surface area contributed by atoms with Crippen LogP contribution in [0.25, 0.3) is 0 Å². The maximum Gasteiger partial charge on any atom is 0.253 e. The maximum atomic E-state index is 13.0. The Hall–Kier alpha value is -2.08. The summed E-state index contributed by atoms with van der Waals surface area (Å²) in [5, 5.41) is 11.9. The van der Waals surface area contributed by atoms with Gasteiger partial charge < -0.3 is 14.9 Å². The second-order valence-corrected chi connectivity index (χ2v) is 10.2. The first-order valence-corrected chi connectivity index (χ1v) is 12.9. The number of likely N-dealkylation sites (N-methyl/N-ethyl adjacent to an activating group) is 1. The minimum absolute atomic E-state index is 0. The SMILES string of the molecule is CN(C[C@@H](CCN1CC[C@@H](c2ccccc2)[C@H](O)C1)c1ccc(Cl)c(Cl)c1)C(=O)c1ccccc1.Cl. The molecular weight excluding hydrogens is 515 g/mol. The number of β-amino-alcohol motifs (C(OH)–C–C–N with tert-alkyl or cyclic N) is 1. The minimum Gasteiger partial charge on any atom is -0.391 e. The van der Waals surface area contributed by atoms with E-state index in [9.17, 15) is 9.90 Å². The van der Waals surface area contributed by atoms with Crippen molar-refractivity contribution in [2.75, 3.05) is 33.2 Å². The first kappa shape index (κ1) is 28.5. The van der Waals surface area contributed by atoms with Crippen molar-refractivity contribution in [3.63, 3.8) is 0 Å². The van der Waals surface area contributed by atoms with Gasteiger partial charge in [0.25, 0.3) is 5.91 Å². The van der Waals surface area contributed by atoms with Gasteiger partial charge in [-0.05, 0) is 61.3 Å². The smallest absolute Gasteiger partial charge is 0.253 e. The Kier molecular flexibility index (Phi) is 10.7. The molecule has 1 saturated heterocycles. The zero-order chi connectivity index (χ0) is 24.8. The second-order valence-electron chi connectivity index (χ2n) is 9.38. The molecule has 0 spiro atoms. The van der Waals surface area contributed by atoms with E-state index in [0.29, 0.717) is 28.7 Å². The summed E-state index contributed by atoms with van der Waals surface area (Å²) in [6, 6.07) is 25.3. The fraction of sp³-hybridized carbons (Fsp3) is 0.345. The molecule has 4 rings (SSSR count). The monoisotopic (exact) mass is 546 g/mol. The molecular formula is C29H33Cl3N2O2. The average Bonchev–Trinajstić information content (AvgIpc) is 2.88. The number of carbonyl (C=O) groups excluding carboxylic acids is 1. The summed E-state index contributed by atoms with van der Waals surface area (Å²) in [6.45, 7) is 2.97. The summed E-state index contributed by atoms with van der Waals surface area (Å²) in [7, 11) is 1.84. The number of carbonyl (C=O) groups is 1. The molecule has 36 heavy (non-hydrogen) atoms. The highest BCUT2D eigenvalue weighted by Crippen LogP contribution is 2.31. The molecule has 1 N–H and O–H groups in total. The van der Waals surface area contributed by atoms with E-state index in [2.05, 4.69) is 17.0 Å². The number of aliphatic hydroxyl groups is 1. The highest BCUT2D eigenvalue weighted by Gasteiger charge is 2.29. The van der Waals surface area contributed by atoms with Crippen LogP contribution in [0.15, 0.2) is 78.9 Å². The molecule has 0 bridgehead atoms. The molecule has 3 atom stereocenters. The van der Waals surface area contributed by atoms with E-state index < -0.39 is 6.10 Å². The van der Waals surface area contributed by atoms with E-state index >= 15 is 0 Å². The third-order valence-corrected chi connectivity index (χ3v) is 7.70. The number of nitrogens with zero attached hydrogens (tertiary/aromatic N) is 2. The van der Waals surface area contributed by atoms with Crippen LogP contribution in [0.2, 0.25) is 10.0 Å². The van der Waals surface area contributed by atoms with Gasteiger partial charge in [-0.25, -0.2) is 0 Å². The van der Waals surface area contributed by atoms with Gasteiger partial charge in [-0.1, -0.05) is 77.8 Å². The molecule has 0 aliphatic carbocycles. The van der Waals surface area contributed by atoms with Crippen LogP contribution in [0.5, 0.6) is 0 Å². The third-order valence-electron chi connectivity index (χ3n) is 6.96. The first-order valence-electron chi connectivity index (χ1n) is 12.1. The van der Waals surface area contributed by atoms with Gasteiger partial charge >= 0.3 is 0 Å². The van der Waals surface area contributed by atoms with Crippen LogP contribution in [-0.4, -0.2) is 60.1 Å². The van der Waals surface area contributed by atoms with E-state index in [0.717, 1.165) is 31.5 Å². The van der Waals surface area contributed by atoms with Crippen LogP contribution >= 0.6 is 35.6 Å². The predicted molar refractivity (Wildman–Crippen MR) is 151 cm³/mol. The van der Waals surface area contributed by atoms with Gasteiger partial charge in [0.15, 0.2) is 0 Å². The molecule has 1 aliphatic rings. The molecule has 0 saturated carbocycles. The quantitative estimate of drug-likeness (QED) is 0.350. The molecule has 0 aromatic heterocycles. The Balaban J connectivity index is 0.00000361. The molecule has 1 fully saturated rings. The number of likely N-dealkylation sites (tertiary alicyclic amines) is 1. The zero-order valence-corrected chi connectivity index (χ0v) is 22.7. The van der Waals surface area contributed by atoms with Crippen LogP contribution in [0.1, 0.15) is 46.2 Å². The standard InChI is InChI=1S/C29H32Cl2N2O2.ClH/c1-32(29(35)22-10-6-3-7-11-22)19-24(23-12-13-26(30)27(31)18-23)14-16-33-17-15-25(28(34)20-33)21-8-4-2-5-9-21;/h2-13,18,24-25,28,34H,14-17,19-20H2,1H3;1H/t24-,25+,28-;/m1./s1. The number of piperidine rings is 1. The Labute approximate surface area is 230 Å². The first-order chi connectivity index (χ1) is 16.9. The van der Waals surface area contributed by atoms with Crippen molar-refractivity contribution < 1.29 is 9.90 Å². The van der Waals surface area contributed by atoms with Crippen LogP contribution in [-0.2, 0) is 0 Å². The number of halogens is 3. The summed E-state index contributed by atoms with van der Waals surface area (Å²) < 4.78 is 0. The van der Waals surface area contributed by atoms with E-state index in [1.165, 1.54) is 5.56 Å². The topological polar surface area (TPSA) is 43.8 Å². The van der Waals surface area contributed by atoms with Crippen molar-refractivity contribution >= 4 is 41.5 Å².